The molecule has 16 heavy (non-hydrogen) atoms. The third kappa shape index (κ3) is 2.92. The fourth-order valence-corrected chi connectivity index (χ4v) is 1.43. The number of aryl methyl sites for hydroxylation is 2. The zero-order chi connectivity index (χ0) is 12.3. The van der Waals surface area contributed by atoms with Gasteiger partial charge in [0.2, 0.25) is 0 Å². The Morgan fingerprint density at radius 1 is 1.38 bits per heavy atom. The van der Waals surface area contributed by atoms with Gasteiger partial charge in [-0.05, 0) is 49.6 Å². The summed E-state index contributed by atoms with van der Waals surface area (Å²) in [6.45, 7) is 5.47. The molecule has 0 fully saturated rings. The second-order valence-electron chi connectivity index (χ2n) is 3.90. The van der Waals surface area contributed by atoms with E-state index in [1.165, 1.54) is 12.1 Å². The number of aliphatic carboxylic acids is 1. The normalized spacial score (nSPS) is 11.6. The second kappa shape index (κ2) is 4.92. The number of hydrogen-bond donors (Lipinski definition) is 1. The van der Waals surface area contributed by atoms with Crippen LogP contribution in [0.5, 0.6) is 0 Å². The van der Waals surface area contributed by atoms with Crippen molar-refractivity contribution in [1.29, 1.82) is 0 Å². The van der Waals surface area contributed by atoms with E-state index in [1.54, 1.807) is 13.0 Å². The molecule has 0 aliphatic carbocycles. The Labute approximate surface area is 94.4 Å². The Morgan fingerprint density at radius 2 is 1.94 bits per heavy atom. The number of rotatable bonds is 3. The molecular formula is C13H15FO2. The second-order valence-corrected chi connectivity index (χ2v) is 3.90. The van der Waals surface area contributed by atoms with Gasteiger partial charge in [0.25, 0.3) is 0 Å². The molecule has 0 unspecified atom stereocenters. The van der Waals surface area contributed by atoms with Gasteiger partial charge in [0, 0.05) is 5.56 Å². The van der Waals surface area contributed by atoms with E-state index in [0.717, 1.165) is 11.1 Å². The van der Waals surface area contributed by atoms with Gasteiger partial charge in [-0.3, -0.25) is 4.79 Å². The number of carbonyl (C=O) groups is 1. The van der Waals surface area contributed by atoms with E-state index in [-0.39, 0.29) is 12.2 Å². The first-order chi connectivity index (χ1) is 7.41. The number of carboxylic acid groups (broad SMARTS) is 1. The van der Waals surface area contributed by atoms with Crippen molar-refractivity contribution in [3.05, 3.63) is 40.7 Å². The predicted molar refractivity (Wildman–Crippen MR) is 61.8 cm³/mol. The SMILES string of the molecule is C/C(=C\CC(=O)O)c1cc(C)c(C)cc1F. The van der Waals surface area contributed by atoms with Crippen LogP contribution in [0.1, 0.15) is 30.0 Å². The number of hydrogen-bond acceptors (Lipinski definition) is 1. The van der Waals surface area contributed by atoms with Crippen molar-refractivity contribution in [3.63, 3.8) is 0 Å². The van der Waals surface area contributed by atoms with Crippen molar-refractivity contribution in [2.75, 3.05) is 0 Å². The molecule has 0 saturated carbocycles. The third-order valence-electron chi connectivity index (χ3n) is 2.59. The number of carboxylic acids is 1. The van der Waals surface area contributed by atoms with Crippen molar-refractivity contribution >= 4 is 11.5 Å². The minimum atomic E-state index is -0.913. The molecule has 2 nitrogen and oxygen atoms in total. The molecule has 0 aromatic heterocycles. The molecule has 0 heterocycles. The Morgan fingerprint density at radius 3 is 2.50 bits per heavy atom. The minimum absolute atomic E-state index is 0.0851. The van der Waals surface area contributed by atoms with Gasteiger partial charge in [0.05, 0.1) is 6.42 Å². The average Bonchev–Trinajstić information content (AvgIpc) is 2.20. The smallest absolute Gasteiger partial charge is 0.307 e. The maximum Gasteiger partial charge on any atom is 0.307 e. The number of halogens is 1. The fraction of sp³-hybridized carbons (Fsp3) is 0.308. The number of allylic oxidation sites excluding steroid dienone is 1. The van der Waals surface area contributed by atoms with Gasteiger partial charge in [0.15, 0.2) is 0 Å². The predicted octanol–water partition coefficient (Wildman–Crippen LogP) is 3.32. The Bertz CT molecular complexity index is 447. The van der Waals surface area contributed by atoms with Crippen LogP contribution in [0.15, 0.2) is 18.2 Å². The van der Waals surface area contributed by atoms with E-state index in [2.05, 4.69) is 0 Å². The van der Waals surface area contributed by atoms with Crippen LogP contribution in [0.25, 0.3) is 5.57 Å². The first kappa shape index (κ1) is 12.4. The van der Waals surface area contributed by atoms with Crippen LogP contribution in [0, 0.1) is 19.7 Å². The van der Waals surface area contributed by atoms with Gasteiger partial charge < -0.3 is 5.11 Å². The van der Waals surface area contributed by atoms with Gasteiger partial charge in [-0.1, -0.05) is 6.08 Å². The summed E-state index contributed by atoms with van der Waals surface area (Å²) < 4.78 is 13.6. The van der Waals surface area contributed by atoms with Crippen molar-refractivity contribution in [2.45, 2.75) is 27.2 Å². The Balaban J connectivity index is 3.08. The summed E-state index contributed by atoms with van der Waals surface area (Å²) in [5, 5.41) is 8.54. The lowest BCUT2D eigenvalue weighted by atomic mass is 10.00. The highest BCUT2D eigenvalue weighted by molar-refractivity contribution is 5.74. The summed E-state index contributed by atoms with van der Waals surface area (Å²) in [7, 11) is 0. The summed E-state index contributed by atoms with van der Waals surface area (Å²) in [5.74, 6) is -1.22. The molecule has 0 radical (unpaired) electrons. The van der Waals surface area contributed by atoms with E-state index < -0.39 is 5.97 Å². The lowest BCUT2D eigenvalue weighted by Crippen LogP contribution is -1.94. The quantitative estimate of drug-likeness (QED) is 0.851. The van der Waals surface area contributed by atoms with Crippen molar-refractivity contribution in [2.24, 2.45) is 0 Å². The van der Waals surface area contributed by atoms with Gasteiger partial charge >= 0.3 is 5.97 Å². The first-order valence-electron chi connectivity index (χ1n) is 5.07. The van der Waals surface area contributed by atoms with Gasteiger partial charge in [-0.2, -0.15) is 0 Å². The van der Waals surface area contributed by atoms with Gasteiger partial charge in [0.1, 0.15) is 5.82 Å². The third-order valence-corrected chi connectivity index (χ3v) is 2.59. The topological polar surface area (TPSA) is 37.3 Å². The van der Waals surface area contributed by atoms with Gasteiger partial charge in [-0.25, -0.2) is 4.39 Å². The average molecular weight is 222 g/mol. The maximum absolute atomic E-state index is 13.6. The minimum Gasteiger partial charge on any atom is -0.481 e. The molecule has 0 aliphatic heterocycles. The van der Waals surface area contributed by atoms with Crippen LogP contribution in [0.3, 0.4) is 0 Å². The first-order valence-corrected chi connectivity index (χ1v) is 5.07. The molecule has 0 atom stereocenters. The zero-order valence-corrected chi connectivity index (χ0v) is 9.67. The lowest BCUT2D eigenvalue weighted by molar-refractivity contribution is -0.135. The van der Waals surface area contributed by atoms with Crippen LogP contribution < -0.4 is 0 Å². The maximum atomic E-state index is 13.6. The van der Waals surface area contributed by atoms with Gasteiger partial charge in [-0.15, -0.1) is 0 Å². The molecule has 1 rings (SSSR count). The van der Waals surface area contributed by atoms with Crippen LogP contribution >= 0.6 is 0 Å². The molecule has 1 aromatic carbocycles. The highest BCUT2D eigenvalue weighted by Crippen LogP contribution is 2.22. The van der Waals surface area contributed by atoms with E-state index in [9.17, 15) is 9.18 Å². The number of benzene rings is 1. The molecule has 1 aromatic rings. The Kier molecular flexibility index (Phi) is 3.82. The highest BCUT2D eigenvalue weighted by atomic mass is 19.1. The van der Waals surface area contributed by atoms with E-state index in [1.807, 2.05) is 13.8 Å². The summed E-state index contributed by atoms with van der Waals surface area (Å²) in [6.07, 6.45) is 1.44. The summed E-state index contributed by atoms with van der Waals surface area (Å²) in [5.41, 5.74) is 3.03. The standard InChI is InChI=1S/C13H15FO2/c1-8(4-5-13(15)16)11-6-9(2)10(3)7-12(11)14/h4,6-7H,5H2,1-3H3,(H,15,16)/b8-4+. The van der Waals surface area contributed by atoms with Crippen molar-refractivity contribution < 1.29 is 14.3 Å². The Hall–Kier alpha value is -1.64. The van der Waals surface area contributed by atoms with Crippen LogP contribution in [0.4, 0.5) is 4.39 Å². The summed E-state index contributed by atoms with van der Waals surface area (Å²) >= 11 is 0. The monoisotopic (exact) mass is 222 g/mol. The largest absolute Gasteiger partial charge is 0.481 e. The molecule has 0 bridgehead atoms. The van der Waals surface area contributed by atoms with E-state index >= 15 is 0 Å². The highest BCUT2D eigenvalue weighted by Gasteiger charge is 2.07. The van der Waals surface area contributed by atoms with E-state index in [0.29, 0.717) is 11.1 Å². The fourth-order valence-electron chi connectivity index (χ4n) is 1.43. The molecule has 1 N–H and O–H groups in total. The van der Waals surface area contributed by atoms with Crippen LogP contribution in [-0.4, -0.2) is 11.1 Å². The zero-order valence-electron chi connectivity index (χ0n) is 9.67. The molecule has 0 saturated heterocycles. The van der Waals surface area contributed by atoms with Crippen LogP contribution in [-0.2, 0) is 4.79 Å². The molecular weight excluding hydrogens is 207 g/mol. The van der Waals surface area contributed by atoms with Crippen molar-refractivity contribution in [1.82, 2.24) is 0 Å². The summed E-state index contributed by atoms with van der Waals surface area (Å²) in [4.78, 5) is 10.4. The molecule has 86 valence electrons. The van der Waals surface area contributed by atoms with Crippen molar-refractivity contribution in [3.8, 4) is 0 Å². The molecule has 0 aliphatic rings. The molecule has 0 amide bonds. The molecule has 0 spiro atoms. The molecule has 3 heteroatoms. The van der Waals surface area contributed by atoms with E-state index in [4.69, 9.17) is 5.11 Å². The van der Waals surface area contributed by atoms with Crippen LogP contribution in [0.2, 0.25) is 0 Å². The lowest BCUT2D eigenvalue weighted by Gasteiger charge is -2.07. The summed E-state index contributed by atoms with van der Waals surface area (Å²) in [6, 6.07) is 3.22.